The van der Waals surface area contributed by atoms with Gasteiger partial charge in [0.15, 0.2) is 6.10 Å². The largest absolute Gasteiger partial charge is 0.462 e. The van der Waals surface area contributed by atoms with E-state index in [2.05, 4.69) is 0 Å². The van der Waals surface area contributed by atoms with Crippen molar-refractivity contribution in [1.82, 2.24) is 0 Å². The van der Waals surface area contributed by atoms with Gasteiger partial charge < -0.3 is 24.8 Å². The van der Waals surface area contributed by atoms with Crippen molar-refractivity contribution in [2.45, 2.75) is 44.2 Å². The van der Waals surface area contributed by atoms with Gasteiger partial charge in [0.05, 0.1) is 11.5 Å². The fraction of sp³-hybridized carbons (Fsp3) is 0.733. The summed E-state index contributed by atoms with van der Waals surface area (Å²) in [6.45, 7) is 3.33. The Morgan fingerprint density at radius 2 is 2.00 bits per heavy atom. The minimum absolute atomic E-state index is 0.0733. The molecular weight excluding hydrogens is 292 g/mol. The summed E-state index contributed by atoms with van der Waals surface area (Å²) in [5.74, 6) is -2.13. The van der Waals surface area contributed by atoms with Crippen LogP contribution >= 0.6 is 0 Å². The number of esters is 2. The molecule has 7 nitrogen and oxygen atoms in total. The number of ether oxygens (including phenoxy) is 2. The number of carbonyl (C=O) groups is 2. The van der Waals surface area contributed by atoms with E-state index in [1.165, 1.54) is 0 Å². The van der Waals surface area contributed by atoms with Crippen LogP contribution in [0.25, 0.3) is 0 Å². The SMILES string of the molecule is C[C@H]1[C@@H](O)C=C2[C@@]13C[C@@H](OC(=O)[C@H]3O)[C@@]1(O)C(=O)OC[C@@]21C. The van der Waals surface area contributed by atoms with E-state index in [0.717, 1.165) is 0 Å². The van der Waals surface area contributed by atoms with E-state index < -0.39 is 52.6 Å². The molecule has 2 bridgehead atoms. The van der Waals surface area contributed by atoms with Crippen LogP contribution in [-0.4, -0.2) is 57.8 Å². The first-order chi connectivity index (χ1) is 10.2. The third kappa shape index (κ3) is 1.15. The predicted octanol–water partition coefficient (Wildman–Crippen LogP) is -1.11. The molecule has 2 saturated heterocycles. The van der Waals surface area contributed by atoms with Crippen molar-refractivity contribution in [3.8, 4) is 0 Å². The van der Waals surface area contributed by atoms with Gasteiger partial charge in [-0.05, 0) is 18.4 Å². The highest BCUT2D eigenvalue weighted by Crippen LogP contribution is 2.67. The molecule has 0 unspecified atom stereocenters. The third-order valence-corrected chi connectivity index (χ3v) is 6.36. The summed E-state index contributed by atoms with van der Waals surface area (Å²) in [5.41, 5.74) is -3.63. The first-order valence-electron chi connectivity index (χ1n) is 7.38. The first-order valence-corrected chi connectivity index (χ1v) is 7.38. The van der Waals surface area contributed by atoms with Gasteiger partial charge in [-0.3, -0.25) is 0 Å². The molecule has 0 aromatic rings. The van der Waals surface area contributed by atoms with Crippen LogP contribution < -0.4 is 0 Å². The summed E-state index contributed by atoms with van der Waals surface area (Å²) in [4.78, 5) is 24.3. The standard InChI is InChI=1S/C15H18O7/c1-6-7(16)3-8-13(2)5-21-12(19)15(13,20)9-4-14(6,8)10(17)11(18)22-9/h3,6-7,9-10,16-17,20H,4-5H2,1-2H3/t6-,7-,9+,10+,13-,14+,15+/m0/s1. The van der Waals surface area contributed by atoms with Crippen molar-refractivity contribution < 1.29 is 34.4 Å². The van der Waals surface area contributed by atoms with Gasteiger partial charge in [0, 0.05) is 11.8 Å². The Hall–Kier alpha value is -1.44. The minimum Gasteiger partial charge on any atom is -0.462 e. The molecule has 0 aromatic carbocycles. The van der Waals surface area contributed by atoms with E-state index >= 15 is 0 Å². The summed E-state index contributed by atoms with van der Waals surface area (Å²) in [6.07, 6.45) is -1.75. The second-order valence-corrected chi connectivity index (χ2v) is 7.11. The molecule has 2 aliphatic heterocycles. The molecule has 3 N–H and O–H groups in total. The third-order valence-electron chi connectivity index (χ3n) is 6.36. The number of carbonyl (C=O) groups excluding carboxylic acids is 2. The van der Waals surface area contributed by atoms with Gasteiger partial charge in [0.1, 0.15) is 12.7 Å². The Morgan fingerprint density at radius 1 is 1.32 bits per heavy atom. The summed E-state index contributed by atoms with van der Waals surface area (Å²) in [7, 11) is 0. The van der Waals surface area contributed by atoms with Crippen molar-refractivity contribution in [2.24, 2.45) is 16.7 Å². The van der Waals surface area contributed by atoms with Crippen molar-refractivity contribution in [1.29, 1.82) is 0 Å². The molecule has 2 heterocycles. The van der Waals surface area contributed by atoms with E-state index in [1.807, 2.05) is 0 Å². The normalized spacial score (nSPS) is 56.0. The Bertz CT molecular complexity index is 627. The van der Waals surface area contributed by atoms with Crippen LogP contribution in [0.1, 0.15) is 20.3 Å². The molecule has 3 fully saturated rings. The number of fused-ring (bicyclic) bond motifs is 4. The number of aliphatic hydroxyl groups is 3. The lowest BCUT2D eigenvalue weighted by molar-refractivity contribution is -0.234. The Kier molecular flexibility index (Phi) is 2.40. The van der Waals surface area contributed by atoms with E-state index in [0.29, 0.717) is 5.57 Å². The van der Waals surface area contributed by atoms with Crippen LogP contribution in [0.15, 0.2) is 11.6 Å². The fourth-order valence-electron chi connectivity index (χ4n) is 4.94. The van der Waals surface area contributed by atoms with Crippen LogP contribution in [0.4, 0.5) is 0 Å². The maximum Gasteiger partial charge on any atom is 0.343 e. The second-order valence-electron chi connectivity index (χ2n) is 7.11. The van der Waals surface area contributed by atoms with Gasteiger partial charge in [-0.15, -0.1) is 0 Å². The minimum atomic E-state index is -1.98. The maximum absolute atomic E-state index is 12.2. The van der Waals surface area contributed by atoms with E-state index in [9.17, 15) is 24.9 Å². The van der Waals surface area contributed by atoms with Gasteiger partial charge in [0.25, 0.3) is 0 Å². The summed E-state index contributed by atoms with van der Waals surface area (Å²) in [6, 6.07) is 0. The molecule has 4 rings (SSSR count). The summed E-state index contributed by atoms with van der Waals surface area (Å²) in [5, 5.41) is 31.8. The monoisotopic (exact) mass is 310 g/mol. The summed E-state index contributed by atoms with van der Waals surface area (Å²) < 4.78 is 10.2. The molecule has 7 atom stereocenters. The Morgan fingerprint density at radius 3 is 2.68 bits per heavy atom. The molecule has 2 aliphatic carbocycles. The Labute approximate surface area is 126 Å². The van der Waals surface area contributed by atoms with Crippen molar-refractivity contribution in [3.05, 3.63) is 11.6 Å². The Balaban J connectivity index is 2.00. The molecule has 4 aliphatic rings. The maximum atomic E-state index is 12.2. The summed E-state index contributed by atoms with van der Waals surface area (Å²) >= 11 is 0. The van der Waals surface area contributed by atoms with Crippen LogP contribution in [0.2, 0.25) is 0 Å². The van der Waals surface area contributed by atoms with E-state index in [-0.39, 0.29) is 13.0 Å². The van der Waals surface area contributed by atoms with Gasteiger partial charge in [0.2, 0.25) is 5.60 Å². The molecular formula is C15H18O7. The number of aliphatic hydroxyl groups excluding tert-OH is 2. The van der Waals surface area contributed by atoms with Gasteiger partial charge in [-0.25, -0.2) is 9.59 Å². The number of hydrogen-bond donors (Lipinski definition) is 3. The second kappa shape index (κ2) is 3.72. The molecule has 22 heavy (non-hydrogen) atoms. The van der Waals surface area contributed by atoms with Crippen molar-refractivity contribution in [3.63, 3.8) is 0 Å². The molecule has 0 radical (unpaired) electrons. The molecule has 7 heteroatoms. The number of hydrogen-bond acceptors (Lipinski definition) is 7. The zero-order valence-electron chi connectivity index (χ0n) is 12.3. The van der Waals surface area contributed by atoms with Crippen molar-refractivity contribution in [2.75, 3.05) is 6.61 Å². The first kappa shape index (κ1) is 14.2. The lowest BCUT2D eigenvalue weighted by Gasteiger charge is -2.58. The molecule has 120 valence electrons. The van der Waals surface area contributed by atoms with Crippen LogP contribution in [-0.2, 0) is 19.1 Å². The average molecular weight is 310 g/mol. The number of rotatable bonds is 0. The van der Waals surface area contributed by atoms with Crippen LogP contribution in [0.5, 0.6) is 0 Å². The van der Waals surface area contributed by atoms with E-state index in [1.54, 1.807) is 19.9 Å². The van der Waals surface area contributed by atoms with Crippen molar-refractivity contribution >= 4 is 11.9 Å². The highest BCUT2D eigenvalue weighted by atomic mass is 16.6. The average Bonchev–Trinajstić information content (AvgIpc) is 2.87. The van der Waals surface area contributed by atoms with Gasteiger partial charge >= 0.3 is 11.9 Å². The molecule has 0 amide bonds. The molecule has 1 spiro atoms. The smallest absolute Gasteiger partial charge is 0.343 e. The number of cyclic esters (lactones) is 1. The topological polar surface area (TPSA) is 113 Å². The molecule has 0 aromatic heterocycles. The van der Waals surface area contributed by atoms with Crippen LogP contribution in [0, 0.1) is 16.7 Å². The fourth-order valence-corrected chi connectivity index (χ4v) is 4.94. The highest BCUT2D eigenvalue weighted by Gasteiger charge is 2.78. The quantitative estimate of drug-likeness (QED) is 0.384. The highest BCUT2D eigenvalue weighted by molar-refractivity contribution is 5.88. The molecule has 1 saturated carbocycles. The van der Waals surface area contributed by atoms with Crippen LogP contribution in [0.3, 0.4) is 0 Å². The lowest BCUT2D eigenvalue weighted by Crippen LogP contribution is -2.71. The van der Waals surface area contributed by atoms with Gasteiger partial charge in [-0.2, -0.15) is 0 Å². The zero-order chi connectivity index (χ0) is 16.1. The van der Waals surface area contributed by atoms with Gasteiger partial charge in [-0.1, -0.05) is 13.0 Å². The zero-order valence-corrected chi connectivity index (χ0v) is 12.3. The van der Waals surface area contributed by atoms with E-state index in [4.69, 9.17) is 9.47 Å². The lowest BCUT2D eigenvalue weighted by atomic mass is 9.49. The predicted molar refractivity (Wildman–Crippen MR) is 70.2 cm³/mol.